The number of nitrogens with two attached hydrogens (primary N) is 1. The molecule has 0 spiro atoms. The molecule has 0 aromatic carbocycles. The van der Waals surface area contributed by atoms with Gasteiger partial charge in [0.2, 0.25) is 11.8 Å². The lowest BCUT2D eigenvalue weighted by molar-refractivity contribution is -0.166. The van der Waals surface area contributed by atoms with Crippen LogP contribution in [0.15, 0.2) is 0 Å². The molecule has 1 rings (SSSR count). The number of nitrogens with zero attached hydrogens (tertiary/aromatic N) is 1. The van der Waals surface area contributed by atoms with Gasteiger partial charge in [0.15, 0.2) is 0 Å². The molecule has 0 unspecified atom stereocenters. The highest BCUT2D eigenvalue weighted by Gasteiger charge is 2.51. The van der Waals surface area contributed by atoms with E-state index in [-0.39, 0.29) is 5.91 Å². The van der Waals surface area contributed by atoms with Crippen LogP contribution in [0.4, 0.5) is 0 Å². The molecule has 0 aromatic rings. The fourth-order valence-electron chi connectivity index (χ4n) is 3.34. The highest BCUT2D eigenvalue weighted by atomic mass is 16.3. The van der Waals surface area contributed by atoms with Crippen molar-refractivity contribution in [3.8, 4) is 0 Å². The van der Waals surface area contributed by atoms with Gasteiger partial charge in [-0.2, -0.15) is 0 Å². The van der Waals surface area contributed by atoms with E-state index in [0.717, 1.165) is 19.3 Å². The van der Waals surface area contributed by atoms with Crippen LogP contribution >= 0.6 is 0 Å². The third-order valence-electron chi connectivity index (χ3n) is 5.70. The number of hydrogen-bond acceptors (Lipinski definition) is 4. The van der Waals surface area contributed by atoms with Crippen LogP contribution in [-0.4, -0.2) is 50.2 Å². The quantitative estimate of drug-likeness (QED) is 0.637. The second kappa shape index (κ2) is 7.00. The topological polar surface area (TPSA) is 104 Å². The Labute approximate surface area is 145 Å². The summed E-state index contributed by atoms with van der Waals surface area (Å²) in [6.07, 6.45) is 3.38. The maximum absolute atomic E-state index is 13.4. The summed E-state index contributed by atoms with van der Waals surface area (Å²) in [6.45, 7) is 9.94. The summed E-state index contributed by atoms with van der Waals surface area (Å²) in [5.74, 6) is -0.984. The summed E-state index contributed by atoms with van der Waals surface area (Å²) in [4.78, 5) is 27.1. The molecule has 1 fully saturated rings. The number of carbonyl (C=O) groups is 2. The van der Waals surface area contributed by atoms with E-state index in [1.807, 2.05) is 0 Å². The molecule has 0 heterocycles. The van der Waals surface area contributed by atoms with Crippen molar-refractivity contribution in [3.05, 3.63) is 0 Å². The van der Waals surface area contributed by atoms with Crippen LogP contribution in [0.2, 0.25) is 0 Å². The predicted octanol–water partition coefficient (Wildman–Crippen LogP) is 1.57. The van der Waals surface area contributed by atoms with E-state index in [0.29, 0.717) is 12.8 Å². The molecule has 1 aliphatic carbocycles. The molecular formula is C18H34N2O4. The van der Waals surface area contributed by atoms with Crippen LogP contribution in [0.5, 0.6) is 0 Å². The van der Waals surface area contributed by atoms with Gasteiger partial charge in [-0.15, -0.1) is 0 Å². The van der Waals surface area contributed by atoms with Gasteiger partial charge < -0.3 is 20.8 Å². The van der Waals surface area contributed by atoms with Crippen molar-refractivity contribution in [2.24, 2.45) is 11.1 Å². The van der Waals surface area contributed by atoms with Crippen molar-refractivity contribution >= 4 is 11.8 Å². The van der Waals surface area contributed by atoms with Crippen LogP contribution in [0, 0.1) is 5.41 Å². The summed E-state index contributed by atoms with van der Waals surface area (Å²) >= 11 is 0. The Morgan fingerprint density at radius 2 is 1.33 bits per heavy atom. The average molecular weight is 342 g/mol. The van der Waals surface area contributed by atoms with Gasteiger partial charge in [-0.05, 0) is 54.4 Å². The average Bonchev–Trinajstić information content (AvgIpc) is 2.45. The third-order valence-corrected chi connectivity index (χ3v) is 5.70. The minimum atomic E-state index is -1.24. The zero-order valence-electron chi connectivity index (χ0n) is 15.9. The molecule has 4 N–H and O–H groups in total. The third kappa shape index (κ3) is 4.09. The van der Waals surface area contributed by atoms with Crippen LogP contribution in [0.3, 0.4) is 0 Å². The van der Waals surface area contributed by atoms with Crippen molar-refractivity contribution in [3.63, 3.8) is 0 Å². The van der Waals surface area contributed by atoms with E-state index in [9.17, 15) is 19.8 Å². The number of rotatable bonds is 6. The van der Waals surface area contributed by atoms with Crippen molar-refractivity contribution in [2.45, 2.75) is 96.9 Å². The highest BCUT2D eigenvalue weighted by Crippen LogP contribution is 2.40. The fraction of sp³-hybridized carbons (Fsp3) is 0.889. The van der Waals surface area contributed by atoms with Crippen molar-refractivity contribution in [1.29, 1.82) is 0 Å². The molecule has 1 aliphatic rings. The first-order chi connectivity index (χ1) is 10.7. The van der Waals surface area contributed by atoms with E-state index < -0.39 is 34.6 Å². The summed E-state index contributed by atoms with van der Waals surface area (Å²) in [5, 5.41) is 20.9. The Kier molecular flexibility index (Phi) is 6.10. The van der Waals surface area contributed by atoms with Crippen LogP contribution < -0.4 is 5.73 Å². The molecule has 0 aromatic heterocycles. The molecule has 24 heavy (non-hydrogen) atoms. The Morgan fingerprint density at radius 3 is 1.62 bits per heavy atom. The molecule has 6 heteroatoms. The second-order valence-corrected chi connectivity index (χ2v) is 8.38. The van der Waals surface area contributed by atoms with E-state index in [1.54, 1.807) is 41.5 Å². The van der Waals surface area contributed by atoms with Crippen molar-refractivity contribution in [1.82, 2.24) is 4.90 Å². The lowest BCUT2D eigenvalue weighted by Crippen LogP contribution is -2.64. The first kappa shape index (κ1) is 20.9. The van der Waals surface area contributed by atoms with Crippen LogP contribution in [0.25, 0.3) is 0 Å². The van der Waals surface area contributed by atoms with Crippen LogP contribution in [-0.2, 0) is 9.59 Å². The van der Waals surface area contributed by atoms with Gasteiger partial charge in [0.1, 0.15) is 5.41 Å². The van der Waals surface area contributed by atoms with E-state index in [1.165, 1.54) is 4.90 Å². The number of carbonyl (C=O) groups excluding carboxylic acids is 2. The molecule has 0 radical (unpaired) electrons. The predicted molar refractivity (Wildman–Crippen MR) is 93.1 cm³/mol. The first-order valence-electron chi connectivity index (χ1n) is 8.82. The standard InChI is InChI=1S/C18H34N2O4/c1-12(16(3,4)23)20(13(2)17(5,6)24)15(22)18(14(19)21)10-8-7-9-11-18/h12-13,23-24H,7-11H2,1-6H3,(H2,19,21)/t12-,13-/m1/s1. The maximum Gasteiger partial charge on any atom is 0.238 e. The minimum Gasteiger partial charge on any atom is -0.388 e. The Balaban J connectivity index is 3.36. The largest absolute Gasteiger partial charge is 0.388 e. The Hall–Kier alpha value is -1.14. The smallest absolute Gasteiger partial charge is 0.238 e. The Morgan fingerprint density at radius 1 is 0.958 bits per heavy atom. The zero-order chi connectivity index (χ0) is 18.9. The van der Waals surface area contributed by atoms with Gasteiger partial charge in [-0.25, -0.2) is 0 Å². The molecule has 1 saturated carbocycles. The van der Waals surface area contributed by atoms with Gasteiger partial charge in [0, 0.05) is 0 Å². The number of primary amides is 1. The normalized spacial score (nSPS) is 21.0. The molecule has 0 saturated heterocycles. The van der Waals surface area contributed by atoms with Crippen molar-refractivity contribution < 1.29 is 19.8 Å². The first-order valence-corrected chi connectivity index (χ1v) is 8.82. The number of amides is 2. The number of aliphatic hydroxyl groups is 2. The van der Waals surface area contributed by atoms with Gasteiger partial charge in [0.25, 0.3) is 0 Å². The monoisotopic (exact) mass is 342 g/mol. The van der Waals surface area contributed by atoms with Crippen LogP contribution in [0.1, 0.15) is 73.6 Å². The summed E-state index contributed by atoms with van der Waals surface area (Å²) in [7, 11) is 0. The minimum absolute atomic E-state index is 0.376. The lowest BCUT2D eigenvalue weighted by Gasteiger charge is -2.48. The molecule has 2 atom stereocenters. The molecule has 0 aliphatic heterocycles. The van der Waals surface area contributed by atoms with E-state index in [4.69, 9.17) is 5.73 Å². The van der Waals surface area contributed by atoms with Gasteiger partial charge in [0.05, 0.1) is 23.3 Å². The summed E-state index contributed by atoms with van der Waals surface area (Å²) in [5.41, 5.74) is 2.05. The van der Waals surface area contributed by atoms with E-state index in [2.05, 4.69) is 0 Å². The van der Waals surface area contributed by atoms with E-state index >= 15 is 0 Å². The molecular weight excluding hydrogens is 308 g/mol. The zero-order valence-corrected chi connectivity index (χ0v) is 15.9. The molecule has 140 valence electrons. The number of hydrogen-bond donors (Lipinski definition) is 3. The van der Waals surface area contributed by atoms with Gasteiger partial charge >= 0.3 is 0 Å². The van der Waals surface area contributed by atoms with Crippen molar-refractivity contribution in [2.75, 3.05) is 0 Å². The Bertz CT molecular complexity index is 450. The highest BCUT2D eigenvalue weighted by molar-refractivity contribution is 6.04. The maximum atomic E-state index is 13.4. The molecule has 6 nitrogen and oxygen atoms in total. The van der Waals surface area contributed by atoms with Gasteiger partial charge in [-0.1, -0.05) is 19.3 Å². The molecule has 0 bridgehead atoms. The fourth-order valence-corrected chi connectivity index (χ4v) is 3.34. The second-order valence-electron chi connectivity index (χ2n) is 8.38. The summed E-state index contributed by atoms with van der Waals surface area (Å²) in [6, 6.07) is -1.16. The summed E-state index contributed by atoms with van der Waals surface area (Å²) < 4.78 is 0. The van der Waals surface area contributed by atoms with Gasteiger partial charge in [-0.3, -0.25) is 9.59 Å². The molecule has 2 amide bonds. The lowest BCUT2D eigenvalue weighted by atomic mass is 9.71. The SMILES string of the molecule is C[C@@H](N(C(=O)C1(C(N)=O)CCCCC1)[C@H](C)C(C)(C)O)C(C)(C)O.